The maximum absolute atomic E-state index is 5.94. The van der Waals surface area contributed by atoms with Crippen molar-refractivity contribution in [2.45, 2.75) is 18.9 Å². The van der Waals surface area contributed by atoms with E-state index in [2.05, 4.69) is 14.5 Å². The van der Waals surface area contributed by atoms with Gasteiger partial charge in [-0.15, -0.1) is 0 Å². The van der Waals surface area contributed by atoms with Crippen LogP contribution in [-0.4, -0.2) is 19.1 Å². The summed E-state index contributed by atoms with van der Waals surface area (Å²) in [4.78, 5) is 8.47. The highest BCUT2D eigenvalue weighted by Crippen LogP contribution is 2.38. The fourth-order valence-corrected chi connectivity index (χ4v) is 1.77. The molecule has 3 rings (SSSR count). The van der Waals surface area contributed by atoms with Gasteiger partial charge in [0.25, 0.3) is 0 Å². The lowest BCUT2D eigenvalue weighted by Crippen LogP contribution is -1.99. The van der Waals surface area contributed by atoms with Gasteiger partial charge in [-0.05, 0) is 12.8 Å². The number of nitrogen functional groups attached to an aromatic ring is 1. The van der Waals surface area contributed by atoms with E-state index in [1.807, 2.05) is 24.1 Å². The number of imidazole rings is 2. The van der Waals surface area contributed by atoms with Crippen LogP contribution in [0.15, 0.2) is 18.9 Å². The van der Waals surface area contributed by atoms with Gasteiger partial charge in [0.1, 0.15) is 11.5 Å². The van der Waals surface area contributed by atoms with Gasteiger partial charge in [-0.25, -0.2) is 9.97 Å². The average molecular weight is 203 g/mol. The van der Waals surface area contributed by atoms with Crippen LogP contribution in [0.4, 0.5) is 5.82 Å². The summed E-state index contributed by atoms with van der Waals surface area (Å²) in [6, 6.07) is 0.601. The lowest BCUT2D eigenvalue weighted by molar-refractivity contribution is 0.746. The van der Waals surface area contributed by atoms with Crippen LogP contribution < -0.4 is 5.73 Å². The van der Waals surface area contributed by atoms with Gasteiger partial charge in [0.15, 0.2) is 0 Å². The molecule has 2 aromatic heterocycles. The van der Waals surface area contributed by atoms with E-state index in [0.717, 1.165) is 11.4 Å². The fourth-order valence-electron chi connectivity index (χ4n) is 1.77. The molecule has 2 N–H and O–H groups in total. The zero-order valence-electron chi connectivity index (χ0n) is 8.59. The van der Waals surface area contributed by atoms with Crippen LogP contribution in [0.2, 0.25) is 0 Å². The van der Waals surface area contributed by atoms with Crippen molar-refractivity contribution in [1.29, 1.82) is 0 Å². The maximum Gasteiger partial charge on any atom is 0.132 e. The van der Waals surface area contributed by atoms with Gasteiger partial charge < -0.3 is 14.9 Å². The summed E-state index contributed by atoms with van der Waals surface area (Å²) in [6.07, 6.45) is 7.89. The number of aryl methyl sites for hydroxylation is 1. The average Bonchev–Trinajstić information content (AvgIpc) is 2.88. The summed E-state index contributed by atoms with van der Waals surface area (Å²) in [5.74, 6) is 0.692. The molecule has 1 fully saturated rings. The molecule has 2 heterocycles. The quantitative estimate of drug-likeness (QED) is 0.797. The molecule has 0 aliphatic heterocycles. The van der Waals surface area contributed by atoms with Crippen LogP contribution in [0.25, 0.3) is 11.4 Å². The third-order valence-electron chi connectivity index (χ3n) is 2.83. The lowest BCUT2D eigenvalue weighted by Gasteiger charge is -2.04. The van der Waals surface area contributed by atoms with E-state index in [1.54, 1.807) is 6.33 Å². The smallest absolute Gasteiger partial charge is 0.132 e. The molecule has 1 aliphatic rings. The molecule has 15 heavy (non-hydrogen) atoms. The van der Waals surface area contributed by atoms with Crippen LogP contribution in [0.3, 0.4) is 0 Å². The van der Waals surface area contributed by atoms with E-state index in [1.165, 1.54) is 12.8 Å². The molecule has 0 spiro atoms. The van der Waals surface area contributed by atoms with Crippen molar-refractivity contribution in [3.8, 4) is 11.4 Å². The van der Waals surface area contributed by atoms with E-state index >= 15 is 0 Å². The molecule has 5 nitrogen and oxygen atoms in total. The van der Waals surface area contributed by atoms with Gasteiger partial charge in [-0.2, -0.15) is 0 Å². The number of hydrogen-bond donors (Lipinski definition) is 1. The van der Waals surface area contributed by atoms with E-state index in [4.69, 9.17) is 5.73 Å². The molecule has 2 aromatic rings. The predicted molar refractivity (Wildman–Crippen MR) is 57.1 cm³/mol. The largest absolute Gasteiger partial charge is 0.383 e. The highest BCUT2D eigenvalue weighted by atomic mass is 15.1. The molecule has 5 heteroatoms. The molecule has 1 aliphatic carbocycles. The Labute approximate surface area is 87.6 Å². The molecule has 0 saturated heterocycles. The number of rotatable bonds is 2. The van der Waals surface area contributed by atoms with Crippen LogP contribution >= 0.6 is 0 Å². The summed E-state index contributed by atoms with van der Waals surface area (Å²) < 4.78 is 3.98. The van der Waals surface area contributed by atoms with Crippen LogP contribution in [0.1, 0.15) is 18.9 Å². The summed E-state index contributed by atoms with van der Waals surface area (Å²) >= 11 is 0. The van der Waals surface area contributed by atoms with Gasteiger partial charge in [0.05, 0.1) is 24.5 Å². The molecule has 0 aromatic carbocycles. The molecule has 0 amide bonds. The van der Waals surface area contributed by atoms with E-state index in [0.29, 0.717) is 11.9 Å². The van der Waals surface area contributed by atoms with Gasteiger partial charge in [-0.1, -0.05) is 0 Å². The van der Waals surface area contributed by atoms with E-state index in [-0.39, 0.29) is 0 Å². The second-order valence-corrected chi connectivity index (χ2v) is 4.01. The van der Waals surface area contributed by atoms with Crippen molar-refractivity contribution in [1.82, 2.24) is 19.1 Å². The van der Waals surface area contributed by atoms with Crippen molar-refractivity contribution in [2.24, 2.45) is 7.05 Å². The minimum Gasteiger partial charge on any atom is -0.383 e. The Morgan fingerprint density at radius 2 is 2.20 bits per heavy atom. The Balaban J connectivity index is 2.11. The number of hydrogen-bond acceptors (Lipinski definition) is 3. The predicted octanol–water partition coefficient (Wildman–Crippen LogP) is 1.20. The molecular weight excluding hydrogens is 190 g/mol. The van der Waals surface area contributed by atoms with Gasteiger partial charge in [0, 0.05) is 13.1 Å². The molecule has 1 saturated carbocycles. The number of anilines is 1. The van der Waals surface area contributed by atoms with Gasteiger partial charge in [0.2, 0.25) is 0 Å². The molecular formula is C10H13N5. The molecule has 0 atom stereocenters. The summed E-state index contributed by atoms with van der Waals surface area (Å²) in [5.41, 5.74) is 7.80. The second-order valence-electron chi connectivity index (χ2n) is 4.01. The van der Waals surface area contributed by atoms with Crippen LogP contribution in [0, 0.1) is 0 Å². The topological polar surface area (TPSA) is 61.7 Å². The Kier molecular flexibility index (Phi) is 1.62. The van der Waals surface area contributed by atoms with E-state index < -0.39 is 0 Å². The second kappa shape index (κ2) is 2.85. The first-order valence-corrected chi connectivity index (χ1v) is 5.06. The first-order valence-electron chi connectivity index (χ1n) is 5.06. The Hall–Kier alpha value is -1.78. The maximum atomic E-state index is 5.94. The van der Waals surface area contributed by atoms with Crippen molar-refractivity contribution in [2.75, 3.05) is 5.73 Å². The zero-order valence-corrected chi connectivity index (χ0v) is 8.59. The lowest BCUT2D eigenvalue weighted by atomic mass is 10.3. The highest BCUT2D eigenvalue weighted by molar-refractivity contribution is 5.67. The standard InChI is InChI=1S/C10H13N5/c1-14-6-13-9(10(14)11)8-4-12-5-15(8)7-2-3-7/h4-7H,2-3,11H2,1H3. The van der Waals surface area contributed by atoms with Crippen molar-refractivity contribution >= 4 is 5.82 Å². The first kappa shape index (κ1) is 8.52. The minimum absolute atomic E-state index is 0.601. The molecule has 0 unspecified atom stereocenters. The normalized spacial score (nSPS) is 15.8. The third kappa shape index (κ3) is 1.23. The highest BCUT2D eigenvalue weighted by Gasteiger charge is 2.26. The first-order chi connectivity index (χ1) is 7.27. The molecule has 0 radical (unpaired) electrons. The van der Waals surface area contributed by atoms with Gasteiger partial charge in [-0.3, -0.25) is 0 Å². The minimum atomic E-state index is 0.601. The fraction of sp³-hybridized carbons (Fsp3) is 0.400. The van der Waals surface area contributed by atoms with Crippen molar-refractivity contribution in [3.63, 3.8) is 0 Å². The number of nitrogens with two attached hydrogens (primary N) is 1. The number of aromatic nitrogens is 4. The van der Waals surface area contributed by atoms with Crippen LogP contribution in [0.5, 0.6) is 0 Å². The Bertz CT molecular complexity index is 492. The monoisotopic (exact) mass is 203 g/mol. The SMILES string of the molecule is Cn1cnc(-c2cncn2C2CC2)c1N. The summed E-state index contributed by atoms with van der Waals surface area (Å²) in [6.45, 7) is 0. The van der Waals surface area contributed by atoms with Crippen LogP contribution in [-0.2, 0) is 7.05 Å². The summed E-state index contributed by atoms with van der Waals surface area (Å²) in [5, 5.41) is 0. The zero-order chi connectivity index (χ0) is 10.4. The third-order valence-corrected chi connectivity index (χ3v) is 2.83. The number of nitrogens with zero attached hydrogens (tertiary/aromatic N) is 4. The summed E-state index contributed by atoms with van der Waals surface area (Å²) in [7, 11) is 1.89. The van der Waals surface area contributed by atoms with E-state index in [9.17, 15) is 0 Å². The Morgan fingerprint density at radius 3 is 2.80 bits per heavy atom. The molecule has 78 valence electrons. The van der Waals surface area contributed by atoms with Crippen molar-refractivity contribution < 1.29 is 0 Å². The Morgan fingerprint density at radius 1 is 1.40 bits per heavy atom. The van der Waals surface area contributed by atoms with Crippen molar-refractivity contribution in [3.05, 3.63) is 18.9 Å². The van der Waals surface area contributed by atoms with Gasteiger partial charge >= 0.3 is 0 Å². The molecule has 0 bridgehead atoms.